The van der Waals surface area contributed by atoms with Gasteiger partial charge in [0.1, 0.15) is 0 Å². The van der Waals surface area contributed by atoms with Gasteiger partial charge in [-0.3, -0.25) is 0 Å². The van der Waals surface area contributed by atoms with E-state index in [1.807, 2.05) is 6.07 Å². The van der Waals surface area contributed by atoms with Crippen molar-refractivity contribution in [2.24, 2.45) is 3.61 Å². The molecule has 1 unspecified atom stereocenters. The van der Waals surface area contributed by atoms with E-state index in [1.165, 1.54) is 28.3 Å². The van der Waals surface area contributed by atoms with Gasteiger partial charge in [-0.05, 0) is 0 Å². The molecule has 1 nitrogen and oxygen atoms in total. The van der Waals surface area contributed by atoms with Gasteiger partial charge in [-0.1, -0.05) is 0 Å². The molecule has 1 aliphatic carbocycles. The van der Waals surface area contributed by atoms with E-state index < -0.39 is 7.81 Å². The molecular weight excluding hydrogens is 567 g/mol. The van der Waals surface area contributed by atoms with Crippen molar-refractivity contribution < 1.29 is 42.7 Å². The Bertz CT molecular complexity index is 987. The molecule has 0 bridgehead atoms. The first-order valence-corrected chi connectivity index (χ1v) is 12.3. The number of hydrogen-bond acceptors (Lipinski definition) is 1. The average Bonchev–Trinajstić information content (AvgIpc) is 2.92. The molecule has 0 saturated heterocycles. The normalized spacial score (nSPS) is 19.3. The molecule has 3 aromatic carbocycles. The number of benzene rings is 3. The standard InChI is InChI=1S/C12H9.C6H5N.F6P.Ir/c1-3-9-4-2-6-11-8-7-10(5-1)12(9)11;7-6-4-2-1-3-5-6;1-7(2,3,4,5)6;/h1-7H,8H2;1-5H;;/q;;-1;. The molecule has 0 saturated carbocycles. The molecule has 0 spiro atoms. The van der Waals surface area contributed by atoms with Crippen molar-refractivity contribution in [2.45, 2.75) is 10.9 Å². The van der Waals surface area contributed by atoms with Crippen molar-refractivity contribution in [3.05, 3.63) is 77.9 Å². The summed E-state index contributed by atoms with van der Waals surface area (Å²) in [6.07, 6.45) is 1.17. The van der Waals surface area contributed by atoms with E-state index in [-0.39, 0.29) is 17.5 Å². The Balaban J connectivity index is 0.000000260. The molecule has 0 fully saturated rings. The number of nitrogens with zero attached hydrogens (tertiary/aromatic N) is 1. The van der Waals surface area contributed by atoms with Crippen LogP contribution in [-0.4, -0.2) is 0 Å². The molecule has 0 aromatic heterocycles. The summed E-state index contributed by atoms with van der Waals surface area (Å²) in [7, 11) is -10.7. The van der Waals surface area contributed by atoms with E-state index in [4.69, 9.17) is 3.61 Å². The van der Waals surface area contributed by atoms with Crippen LogP contribution in [0.3, 0.4) is 0 Å². The van der Waals surface area contributed by atoms with Crippen LogP contribution in [-0.2, 0) is 23.9 Å². The second kappa shape index (κ2) is 6.47. The summed E-state index contributed by atoms with van der Waals surface area (Å²) in [5.41, 5.74) is 4.17. The summed E-state index contributed by atoms with van der Waals surface area (Å²) in [5, 5.41) is 2.88. The van der Waals surface area contributed by atoms with E-state index >= 15 is 0 Å². The van der Waals surface area contributed by atoms with Gasteiger partial charge in [0.25, 0.3) is 0 Å². The van der Waals surface area contributed by atoms with Gasteiger partial charge >= 0.3 is 159 Å². The Hall–Kier alpha value is -1.62. The number of halogens is 6. The molecule has 0 N–H and O–H groups in total. The maximum absolute atomic E-state index is 10.7. The fraction of sp³-hybridized carbons (Fsp3) is 0.111. The zero-order chi connectivity index (χ0) is 19.8. The fourth-order valence-electron chi connectivity index (χ4n) is 2.82. The molecule has 4 rings (SSSR count). The third-order valence-corrected chi connectivity index (χ3v) is 6.63. The Morgan fingerprint density at radius 1 is 0.778 bits per heavy atom. The number of rotatable bonds is 2. The predicted molar refractivity (Wildman–Crippen MR) is 92.5 cm³/mol. The minimum atomic E-state index is -10.7. The summed E-state index contributed by atoms with van der Waals surface area (Å²) >= 11 is -0.356. The molecule has 148 valence electrons. The predicted octanol–water partition coefficient (Wildman–Crippen LogP) is 8.42. The first-order valence-electron chi connectivity index (χ1n) is 7.78. The van der Waals surface area contributed by atoms with Gasteiger partial charge in [0, 0.05) is 0 Å². The Morgan fingerprint density at radius 3 is 2.00 bits per heavy atom. The molecule has 0 radical (unpaired) electrons. The van der Waals surface area contributed by atoms with Crippen molar-refractivity contribution in [1.29, 1.82) is 0 Å². The van der Waals surface area contributed by atoms with E-state index in [0.717, 1.165) is 5.69 Å². The average molecular weight is 581 g/mol. The maximum atomic E-state index is 9.87. The molecule has 0 aliphatic heterocycles. The van der Waals surface area contributed by atoms with E-state index in [1.54, 1.807) is 0 Å². The summed E-state index contributed by atoms with van der Waals surface area (Å²) in [5.74, 6) is 0. The van der Waals surface area contributed by atoms with Gasteiger partial charge in [-0.25, -0.2) is 0 Å². The van der Waals surface area contributed by atoms with Crippen LogP contribution in [0.5, 0.6) is 0 Å². The van der Waals surface area contributed by atoms with E-state index in [0.29, 0.717) is 4.43 Å². The van der Waals surface area contributed by atoms with Gasteiger partial charge in [0.15, 0.2) is 0 Å². The van der Waals surface area contributed by atoms with Gasteiger partial charge in [-0.2, -0.15) is 0 Å². The second-order valence-corrected chi connectivity index (χ2v) is 10.7. The summed E-state index contributed by atoms with van der Waals surface area (Å²) < 4.78 is 64.7. The summed E-state index contributed by atoms with van der Waals surface area (Å²) in [6, 6.07) is 23.8. The molecule has 1 aliphatic rings. The Morgan fingerprint density at radius 2 is 1.37 bits per heavy atom. The molecule has 9 heteroatoms. The first kappa shape index (κ1) is 20.1. The third kappa shape index (κ3) is 6.49. The first-order chi connectivity index (χ1) is 12.4. The summed E-state index contributed by atoms with van der Waals surface area (Å²) in [4.78, 5) is 0. The molecule has 0 amide bonds. The van der Waals surface area contributed by atoms with Gasteiger partial charge in [-0.15, -0.1) is 0 Å². The molecule has 27 heavy (non-hydrogen) atoms. The molecule has 3 aromatic rings. The Labute approximate surface area is 159 Å². The van der Waals surface area contributed by atoms with Gasteiger partial charge in [0.05, 0.1) is 0 Å². The fourth-order valence-corrected chi connectivity index (χ4v) is 5.56. The van der Waals surface area contributed by atoms with Crippen LogP contribution >= 0.6 is 7.81 Å². The van der Waals surface area contributed by atoms with E-state index in [9.17, 15) is 25.2 Å². The van der Waals surface area contributed by atoms with Crippen LogP contribution in [0.25, 0.3) is 10.8 Å². The number of hydrogen-bond donors (Lipinski definition) is 0. The Kier molecular flexibility index (Phi) is 4.82. The van der Waals surface area contributed by atoms with Crippen LogP contribution in [0.1, 0.15) is 15.6 Å². The topological polar surface area (TPSA) is 12.4 Å². The zero-order valence-electron chi connectivity index (χ0n) is 13.6. The van der Waals surface area contributed by atoms with Crippen LogP contribution in [0.4, 0.5) is 30.9 Å². The second-order valence-electron chi connectivity index (χ2n) is 5.96. The SMILES string of the molecule is F[P-](F)(F)(F)(F)F.c1ccc([N]=[Ir][CH]2Cc3cccc4cccc2c34)cc1. The van der Waals surface area contributed by atoms with Crippen molar-refractivity contribution in [2.75, 3.05) is 0 Å². The van der Waals surface area contributed by atoms with Crippen LogP contribution in [0.2, 0.25) is 0 Å². The van der Waals surface area contributed by atoms with Crippen molar-refractivity contribution in [1.82, 2.24) is 0 Å². The van der Waals surface area contributed by atoms with Crippen LogP contribution < -0.4 is 0 Å². The van der Waals surface area contributed by atoms with Crippen molar-refractivity contribution in [3.8, 4) is 0 Å². The zero-order valence-corrected chi connectivity index (χ0v) is 16.9. The third-order valence-electron chi connectivity index (χ3n) is 3.73. The monoisotopic (exact) mass is 582 g/mol. The molecule has 1 atom stereocenters. The van der Waals surface area contributed by atoms with Crippen LogP contribution in [0.15, 0.2) is 70.3 Å². The van der Waals surface area contributed by atoms with Crippen molar-refractivity contribution >= 4 is 24.3 Å². The van der Waals surface area contributed by atoms with Gasteiger partial charge in [0.2, 0.25) is 0 Å². The quantitative estimate of drug-likeness (QED) is 0.213. The summed E-state index contributed by atoms with van der Waals surface area (Å²) in [6.45, 7) is 0. The van der Waals surface area contributed by atoms with E-state index in [2.05, 4.69) is 60.7 Å². The van der Waals surface area contributed by atoms with Crippen LogP contribution in [0, 0.1) is 0 Å². The minimum absolute atomic E-state index is 0.356. The van der Waals surface area contributed by atoms with Gasteiger partial charge < -0.3 is 0 Å². The van der Waals surface area contributed by atoms with Crippen molar-refractivity contribution in [3.63, 3.8) is 0 Å². The molecular formula is C18H14F6IrNP-. The molecule has 0 heterocycles.